The van der Waals surface area contributed by atoms with Gasteiger partial charge in [0.05, 0.1) is 16.1 Å². The molecular formula is C18H17Cl2NO. The molecule has 0 aromatic heterocycles. The number of rotatable bonds is 3. The minimum atomic E-state index is -0.465. The number of nitrogens with one attached hydrogen (secondary N) is 1. The Bertz CT molecular complexity index is 679. The van der Waals surface area contributed by atoms with Gasteiger partial charge in [-0.2, -0.15) is 0 Å². The van der Waals surface area contributed by atoms with E-state index in [1.54, 1.807) is 18.2 Å². The normalized spacial score (nSPS) is 16.5. The van der Waals surface area contributed by atoms with Crippen molar-refractivity contribution in [3.63, 3.8) is 0 Å². The predicted molar refractivity (Wildman–Crippen MR) is 91.7 cm³/mol. The molecule has 0 atom stereocenters. The second-order valence-electron chi connectivity index (χ2n) is 5.73. The number of carbonyl (C=O) groups excluding carboxylic acids is 1. The van der Waals surface area contributed by atoms with Crippen molar-refractivity contribution in [3.8, 4) is 0 Å². The van der Waals surface area contributed by atoms with Gasteiger partial charge in [0, 0.05) is 5.02 Å². The van der Waals surface area contributed by atoms with Crippen LogP contribution in [0.4, 0.5) is 5.69 Å². The summed E-state index contributed by atoms with van der Waals surface area (Å²) < 4.78 is 0. The van der Waals surface area contributed by atoms with Crippen LogP contribution in [0.5, 0.6) is 0 Å². The van der Waals surface area contributed by atoms with E-state index in [2.05, 4.69) is 5.32 Å². The molecule has 3 rings (SSSR count). The van der Waals surface area contributed by atoms with Gasteiger partial charge in [0.2, 0.25) is 5.91 Å². The van der Waals surface area contributed by atoms with Crippen LogP contribution in [0.3, 0.4) is 0 Å². The number of hydrogen-bond donors (Lipinski definition) is 1. The molecule has 0 spiro atoms. The van der Waals surface area contributed by atoms with E-state index in [1.807, 2.05) is 30.3 Å². The highest BCUT2D eigenvalue weighted by Crippen LogP contribution is 2.42. The summed E-state index contributed by atoms with van der Waals surface area (Å²) in [6, 6.07) is 15.1. The highest BCUT2D eigenvalue weighted by Gasteiger charge is 2.42. The highest BCUT2D eigenvalue weighted by molar-refractivity contribution is 6.35. The van der Waals surface area contributed by atoms with Crippen molar-refractivity contribution in [3.05, 3.63) is 64.1 Å². The van der Waals surface area contributed by atoms with Crippen molar-refractivity contribution in [1.82, 2.24) is 0 Å². The van der Waals surface area contributed by atoms with Crippen LogP contribution in [0.1, 0.15) is 31.2 Å². The second-order valence-corrected chi connectivity index (χ2v) is 6.58. The molecule has 1 aliphatic carbocycles. The van der Waals surface area contributed by atoms with Crippen molar-refractivity contribution in [1.29, 1.82) is 0 Å². The van der Waals surface area contributed by atoms with Crippen LogP contribution >= 0.6 is 23.2 Å². The zero-order chi connectivity index (χ0) is 15.6. The largest absolute Gasteiger partial charge is 0.324 e. The zero-order valence-electron chi connectivity index (χ0n) is 12.1. The minimum absolute atomic E-state index is 0.000340. The van der Waals surface area contributed by atoms with Crippen molar-refractivity contribution in [2.24, 2.45) is 0 Å². The van der Waals surface area contributed by atoms with Crippen LogP contribution in [0.15, 0.2) is 48.5 Å². The van der Waals surface area contributed by atoms with Gasteiger partial charge < -0.3 is 5.32 Å². The third kappa shape index (κ3) is 2.86. The standard InChI is InChI=1S/C18H17Cl2NO/c19-14-8-9-15(20)16(12-14)21-17(22)18(10-4-5-11-18)13-6-2-1-3-7-13/h1-3,6-9,12H,4-5,10-11H2,(H,21,22). The molecular weight excluding hydrogens is 317 g/mol. The van der Waals surface area contributed by atoms with Crippen LogP contribution in [0.2, 0.25) is 10.0 Å². The lowest BCUT2D eigenvalue weighted by Crippen LogP contribution is -2.38. The van der Waals surface area contributed by atoms with Gasteiger partial charge >= 0.3 is 0 Å². The van der Waals surface area contributed by atoms with E-state index in [4.69, 9.17) is 23.2 Å². The first-order chi connectivity index (χ1) is 10.6. The van der Waals surface area contributed by atoms with Gasteiger partial charge in [-0.3, -0.25) is 4.79 Å². The Labute approximate surface area is 140 Å². The number of halogens is 2. The van der Waals surface area contributed by atoms with Crippen LogP contribution in [-0.2, 0) is 10.2 Å². The van der Waals surface area contributed by atoms with Crippen LogP contribution < -0.4 is 5.32 Å². The molecule has 0 aliphatic heterocycles. The first kappa shape index (κ1) is 15.4. The Kier molecular flexibility index (Phi) is 4.42. The summed E-state index contributed by atoms with van der Waals surface area (Å²) in [7, 11) is 0. The van der Waals surface area contributed by atoms with Gasteiger partial charge in [-0.1, -0.05) is 66.4 Å². The monoisotopic (exact) mass is 333 g/mol. The lowest BCUT2D eigenvalue weighted by molar-refractivity contribution is -0.121. The number of hydrogen-bond acceptors (Lipinski definition) is 1. The van der Waals surface area contributed by atoms with E-state index in [0.29, 0.717) is 15.7 Å². The number of amides is 1. The lowest BCUT2D eigenvalue weighted by Gasteiger charge is -2.28. The summed E-state index contributed by atoms with van der Waals surface area (Å²) in [6.45, 7) is 0. The van der Waals surface area contributed by atoms with Crippen molar-refractivity contribution in [2.75, 3.05) is 5.32 Å². The number of carbonyl (C=O) groups is 1. The van der Waals surface area contributed by atoms with Gasteiger partial charge in [0.25, 0.3) is 0 Å². The molecule has 1 aliphatic rings. The SMILES string of the molecule is O=C(Nc1cc(Cl)ccc1Cl)C1(c2ccccc2)CCCC1. The Hall–Kier alpha value is -1.51. The fourth-order valence-electron chi connectivity index (χ4n) is 3.22. The summed E-state index contributed by atoms with van der Waals surface area (Å²) >= 11 is 12.2. The average molecular weight is 334 g/mol. The van der Waals surface area contributed by atoms with E-state index in [1.165, 1.54) is 0 Å². The second kappa shape index (κ2) is 6.31. The maximum absolute atomic E-state index is 13.0. The van der Waals surface area contributed by atoms with Gasteiger partial charge in [-0.15, -0.1) is 0 Å². The Morgan fingerprint density at radius 2 is 1.68 bits per heavy atom. The Balaban J connectivity index is 1.93. The van der Waals surface area contributed by atoms with Crippen LogP contribution in [0.25, 0.3) is 0 Å². The lowest BCUT2D eigenvalue weighted by atomic mass is 9.78. The molecule has 0 heterocycles. The van der Waals surface area contributed by atoms with E-state index in [-0.39, 0.29) is 5.91 Å². The molecule has 2 nitrogen and oxygen atoms in total. The maximum atomic E-state index is 13.0. The van der Waals surface area contributed by atoms with Crippen LogP contribution in [-0.4, -0.2) is 5.91 Å². The van der Waals surface area contributed by atoms with Gasteiger partial charge in [0.15, 0.2) is 0 Å². The third-order valence-corrected chi connectivity index (χ3v) is 4.96. The molecule has 1 N–H and O–H groups in total. The molecule has 1 saturated carbocycles. The van der Waals surface area contributed by atoms with Crippen LogP contribution in [0, 0.1) is 0 Å². The smallest absolute Gasteiger partial charge is 0.235 e. The zero-order valence-corrected chi connectivity index (χ0v) is 13.6. The topological polar surface area (TPSA) is 29.1 Å². The molecule has 114 valence electrons. The van der Waals surface area contributed by atoms with Gasteiger partial charge in [-0.05, 0) is 36.6 Å². The maximum Gasteiger partial charge on any atom is 0.235 e. The van der Waals surface area contributed by atoms with E-state index in [9.17, 15) is 4.79 Å². The minimum Gasteiger partial charge on any atom is -0.324 e. The molecule has 1 fully saturated rings. The molecule has 22 heavy (non-hydrogen) atoms. The fourth-order valence-corrected chi connectivity index (χ4v) is 3.55. The fraction of sp³-hybridized carbons (Fsp3) is 0.278. The summed E-state index contributed by atoms with van der Waals surface area (Å²) in [6.07, 6.45) is 3.85. The Morgan fingerprint density at radius 1 is 1.00 bits per heavy atom. The molecule has 1 amide bonds. The number of benzene rings is 2. The summed E-state index contributed by atoms with van der Waals surface area (Å²) in [5.74, 6) is 0.000340. The predicted octanol–water partition coefficient (Wildman–Crippen LogP) is 5.44. The third-order valence-electron chi connectivity index (χ3n) is 4.39. The summed E-state index contributed by atoms with van der Waals surface area (Å²) in [5, 5.41) is 4.03. The molecule has 2 aromatic carbocycles. The van der Waals surface area contributed by atoms with E-state index >= 15 is 0 Å². The molecule has 4 heteroatoms. The van der Waals surface area contributed by atoms with E-state index < -0.39 is 5.41 Å². The first-order valence-electron chi connectivity index (χ1n) is 7.44. The molecule has 0 saturated heterocycles. The van der Waals surface area contributed by atoms with Crippen molar-refractivity contribution in [2.45, 2.75) is 31.1 Å². The van der Waals surface area contributed by atoms with Crippen molar-refractivity contribution < 1.29 is 4.79 Å². The molecule has 0 unspecified atom stereocenters. The summed E-state index contributed by atoms with van der Waals surface area (Å²) in [5.41, 5.74) is 1.18. The average Bonchev–Trinajstić information content (AvgIpc) is 3.03. The molecule has 2 aromatic rings. The molecule has 0 radical (unpaired) electrons. The quantitative estimate of drug-likeness (QED) is 0.795. The molecule has 0 bridgehead atoms. The summed E-state index contributed by atoms with van der Waals surface area (Å²) in [4.78, 5) is 13.0. The van der Waals surface area contributed by atoms with E-state index in [0.717, 1.165) is 31.2 Å². The van der Waals surface area contributed by atoms with Gasteiger partial charge in [-0.25, -0.2) is 0 Å². The van der Waals surface area contributed by atoms with Gasteiger partial charge in [0.1, 0.15) is 0 Å². The van der Waals surface area contributed by atoms with Crippen molar-refractivity contribution >= 4 is 34.8 Å². The highest BCUT2D eigenvalue weighted by atomic mass is 35.5. The number of anilines is 1. The Morgan fingerprint density at radius 3 is 2.36 bits per heavy atom. The first-order valence-corrected chi connectivity index (χ1v) is 8.19.